The van der Waals surface area contributed by atoms with Crippen molar-refractivity contribution in [2.75, 3.05) is 50.0 Å². The zero-order valence-corrected chi connectivity index (χ0v) is 19.7. The molecule has 35 heavy (non-hydrogen) atoms. The molecule has 11 heteroatoms. The lowest BCUT2D eigenvalue weighted by atomic mass is 9.88. The second-order valence-corrected chi connectivity index (χ2v) is 9.08. The number of hydrogen-bond acceptors (Lipinski definition) is 7. The number of nitrogens with zero attached hydrogens (tertiary/aromatic N) is 3. The van der Waals surface area contributed by atoms with E-state index in [2.05, 4.69) is 25.7 Å². The van der Waals surface area contributed by atoms with Crippen molar-refractivity contribution in [3.05, 3.63) is 23.8 Å². The summed E-state index contributed by atoms with van der Waals surface area (Å²) in [6, 6.07) is 3.71. The Balaban J connectivity index is 1.35. The van der Waals surface area contributed by atoms with Gasteiger partial charge in [-0.25, -0.2) is 0 Å². The molecule has 2 fully saturated rings. The van der Waals surface area contributed by atoms with E-state index < -0.39 is 11.7 Å². The molecule has 1 aliphatic heterocycles. The summed E-state index contributed by atoms with van der Waals surface area (Å²) in [5, 5.41) is 13.3. The molecule has 1 amide bonds. The summed E-state index contributed by atoms with van der Waals surface area (Å²) < 4.78 is 52.3. The summed E-state index contributed by atoms with van der Waals surface area (Å²) in [7, 11) is 0. The molecule has 4 rings (SSSR count). The number of nitrogens with one attached hydrogen (secondary N) is 2. The number of unbranched alkanes of at least 4 members (excludes halogenated alkanes) is 1. The summed E-state index contributed by atoms with van der Waals surface area (Å²) in [6.45, 7) is 4.94. The fourth-order valence-corrected chi connectivity index (χ4v) is 4.54. The van der Waals surface area contributed by atoms with E-state index in [1.165, 1.54) is 12.1 Å². The number of hydrogen-bond donors (Lipinski definition) is 2. The highest BCUT2D eigenvalue weighted by Crippen LogP contribution is 2.39. The van der Waals surface area contributed by atoms with Crippen LogP contribution in [0.5, 0.6) is 0 Å². The molecule has 8 nitrogen and oxygen atoms in total. The Morgan fingerprint density at radius 3 is 2.60 bits per heavy atom. The molecule has 1 aromatic carbocycles. The molecule has 1 aromatic heterocycles. The van der Waals surface area contributed by atoms with Crippen LogP contribution in [-0.2, 0) is 15.7 Å². The SMILES string of the molecule is O=C(Nc1ccc(-c2nnc(NCCCCN3CCOCC3)o2)c(C(F)(F)F)c1)C1CCCCC1. The largest absolute Gasteiger partial charge is 0.417 e. The van der Waals surface area contributed by atoms with E-state index in [1.54, 1.807) is 0 Å². The molecule has 2 N–H and O–H groups in total. The molecular formula is C24H32F3N5O3. The zero-order valence-electron chi connectivity index (χ0n) is 19.7. The highest BCUT2D eigenvalue weighted by molar-refractivity contribution is 5.93. The minimum atomic E-state index is -4.65. The number of carbonyl (C=O) groups excluding carboxylic acids is 1. The Hall–Kier alpha value is -2.66. The average molecular weight is 496 g/mol. The van der Waals surface area contributed by atoms with Crippen LogP contribution in [-0.4, -0.2) is 60.4 Å². The van der Waals surface area contributed by atoms with Gasteiger partial charge < -0.3 is 19.8 Å². The first-order valence-electron chi connectivity index (χ1n) is 12.3. The van der Waals surface area contributed by atoms with Gasteiger partial charge in [-0.2, -0.15) is 13.2 Å². The number of halogens is 3. The minimum Gasteiger partial charge on any atom is -0.403 e. The number of rotatable bonds is 9. The molecule has 0 unspecified atom stereocenters. The van der Waals surface area contributed by atoms with Gasteiger partial charge >= 0.3 is 12.2 Å². The third kappa shape index (κ3) is 7.17. The van der Waals surface area contributed by atoms with Crippen molar-refractivity contribution in [2.45, 2.75) is 51.1 Å². The fraction of sp³-hybridized carbons (Fsp3) is 0.625. The fourth-order valence-electron chi connectivity index (χ4n) is 4.54. The van der Waals surface area contributed by atoms with E-state index in [-0.39, 0.29) is 35.0 Å². The first-order chi connectivity index (χ1) is 16.9. The van der Waals surface area contributed by atoms with Gasteiger partial charge in [0.05, 0.1) is 24.3 Å². The van der Waals surface area contributed by atoms with E-state index in [0.717, 1.165) is 83.9 Å². The number of alkyl halides is 3. The Labute approximate surface area is 202 Å². The summed E-state index contributed by atoms with van der Waals surface area (Å²) in [5.41, 5.74) is -1.05. The molecule has 0 spiro atoms. The molecule has 1 saturated carbocycles. The molecule has 192 valence electrons. The molecule has 2 aliphatic rings. The number of ether oxygens (including phenoxy) is 1. The van der Waals surface area contributed by atoms with Gasteiger partial charge in [0, 0.05) is 31.2 Å². The van der Waals surface area contributed by atoms with Crippen LogP contribution < -0.4 is 10.6 Å². The van der Waals surface area contributed by atoms with E-state index in [1.807, 2.05) is 0 Å². The highest BCUT2D eigenvalue weighted by Gasteiger charge is 2.36. The van der Waals surface area contributed by atoms with Crippen LogP contribution in [0.25, 0.3) is 11.5 Å². The van der Waals surface area contributed by atoms with E-state index in [9.17, 15) is 18.0 Å². The zero-order chi connectivity index (χ0) is 24.7. The molecular weight excluding hydrogens is 463 g/mol. The number of anilines is 2. The monoisotopic (exact) mass is 495 g/mol. The molecule has 1 aliphatic carbocycles. The second kappa shape index (κ2) is 11.9. The summed E-state index contributed by atoms with van der Waals surface area (Å²) in [6.07, 6.45) is 1.73. The highest BCUT2D eigenvalue weighted by atomic mass is 19.4. The van der Waals surface area contributed by atoms with Gasteiger partial charge in [-0.15, -0.1) is 5.10 Å². The summed E-state index contributed by atoms with van der Waals surface area (Å²) in [5.74, 6) is -0.613. The maximum absolute atomic E-state index is 13.8. The predicted molar refractivity (Wildman–Crippen MR) is 125 cm³/mol. The van der Waals surface area contributed by atoms with Crippen LogP contribution in [0, 0.1) is 5.92 Å². The normalized spacial score (nSPS) is 17.9. The molecule has 1 saturated heterocycles. The standard InChI is InChI=1S/C24H32F3N5O3/c25-24(26,27)20-16-18(29-21(33)17-6-2-1-3-7-17)8-9-19(20)22-30-31-23(35-22)28-10-4-5-11-32-12-14-34-15-13-32/h8-9,16-17H,1-7,10-15H2,(H,28,31)(H,29,33). The van der Waals surface area contributed by atoms with Gasteiger partial charge in [0.15, 0.2) is 0 Å². The number of morpholine rings is 1. The van der Waals surface area contributed by atoms with Crippen LogP contribution in [0.3, 0.4) is 0 Å². The van der Waals surface area contributed by atoms with Crippen LogP contribution in [0.4, 0.5) is 24.9 Å². The van der Waals surface area contributed by atoms with Crippen molar-refractivity contribution in [1.82, 2.24) is 15.1 Å². The van der Waals surface area contributed by atoms with Crippen molar-refractivity contribution in [1.29, 1.82) is 0 Å². The summed E-state index contributed by atoms with van der Waals surface area (Å²) in [4.78, 5) is 14.8. The van der Waals surface area contributed by atoms with Gasteiger partial charge in [0.2, 0.25) is 11.8 Å². The maximum atomic E-state index is 13.8. The minimum absolute atomic E-state index is 0.0779. The van der Waals surface area contributed by atoms with Gasteiger partial charge in [-0.1, -0.05) is 24.4 Å². The van der Waals surface area contributed by atoms with Crippen molar-refractivity contribution in [3.8, 4) is 11.5 Å². The average Bonchev–Trinajstić information content (AvgIpc) is 3.33. The lowest BCUT2D eigenvalue weighted by Gasteiger charge is -2.26. The van der Waals surface area contributed by atoms with Crippen molar-refractivity contribution >= 4 is 17.6 Å². The van der Waals surface area contributed by atoms with E-state index >= 15 is 0 Å². The van der Waals surface area contributed by atoms with Crippen LogP contribution in [0.2, 0.25) is 0 Å². The quantitative estimate of drug-likeness (QED) is 0.483. The van der Waals surface area contributed by atoms with Crippen LogP contribution >= 0.6 is 0 Å². The third-order valence-corrected chi connectivity index (χ3v) is 6.50. The first-order valence-corrected chi connectivity index (χ1v) is 12.3. The number of amides is 1. The van der Waals surface area contributed by atoms with Crippen LogP contribution in [0.1, 0.15) is 50.5 Å². The lowest BCUT2D eigenvalue weighted by molar-refractivity contribution is -0.137. The molecule has 0 atom stereocenters. The Kier molecular flexibility index (Phi) is 8.61. The topological polar surface area (TPSA) is 92.5 Å². The van der Waals surface area contributed by atoms with E-state index in [0.29, 0.717) is 6.54 Å². The first kappa shape index (κ1) is 25.4. The molecule has 0 radical (unpaired) electrons. The van der Waals surface area contributed by atoms with Gasteiger partial charge in [-0.05, 0) is 50.4 Å². The Morgan fingerprint density at radius 2 is 1.86 bits per heavy atom. The summed E-state index contributed by atoms with van der Waals surface area (Å²) >= 11 is 0. The Bertz CT molecular complexity index is 970. The lowest BCUT2D eigenvalue weighted by Crippen LogP contribution is -2.36. The van der Waals surface area contributed by atoms with Gasteiger partial charge in [0.25, 0.3) is 0 Å². The molecule has 2 aromatic rings. The smallest absolute Gasteiger partial charge is 0.403 e. The molecule has 0 bridgehead atoms. The van der Waals surface area contributed by atoms with Crippen molar-refractivity contribution in [3.63, 3.8) is 0 Å². The third-order valence-electron chi connectivity index (χ3n) is 6.50. The van der Waals surface area contributed by atoms with E-state index in [4.69, 9.17) is 9.15 Å². The van der Waals surface area contributed by atoms with Crippen molar-refractivity contribution < 1.29 is 27.1 Å². The van der Waals surface area contributed by atoms with Crippen LogP contribution in [0.15, 0.2) is 22.6 Å². The number of carbonyl (C=O) groups is 1. The number of aromatic nitrogens is 2. The second-order valence-electron chi connectivity index (χ2n) is 9.08. The Morgan fingerprint density at radius 1 is 1.09 bits per heavy atom. The molecule has 2 heterocycles. The number of benzene rings is 1. The van der Waals surface area contributed by atoms with Crippen molar-refractivity contribution in [2.24, 2.45) is 5.92 Å². The maximum Gasteiger partial charge on any atom is 0.417 e. The predicted octanol–water partition coefficient (Wildman–Crippen LogP) is 4.80. The van der Waals surface area contributed by atoms with Gasteiger partial charge in [-0.3, -0.25) is 9.69 Å². The van der Waals surface area contributed by atoms with Gasteiger partial charge in [0.1, 0.15) is 0 Å².